The summed E-state index contributed by atoms with van der Waals surface area (Å²) in [5.74, 6) is -0.720. The molecule has 7 nitrogen and oxygen atoms in total. The predicted molar refractivity (Wildman–Crippen MR) is 107 cm³/mol. The van der Waals surface area contributed by atoms with Gasteiger partial charge in [0.25, 0.3) is 5.91 Å². The average Bonchev–Trinajstić information content (AvgIpc) is 2.88. The average molecular weight is 386 g/mol. The molecule has 2 unspecified atom stereocenters. The van der Waals surface area contributed by atoms with Gasteiger partial charge in [-0.15, -0.1) is 0 Å². The number of piperidine rings is 1. The van der Waals surface area contributed by atoms with Crippen LogP contribution in [0, 0.1) is 6.92 Å². The summed E-state index contributed by atoms with van der Waals surface area (Å²) < 4.78 is 0. The smallest absolute Gasteiger partial charge is 0.325 e. The number of amides is 4. The number of urea groups is 1. The van der Waals surface area contributed by atoms with Gasteiger partial charge in [0, 0.05) is 19.1 Å². The van der Waals surface area contributed by atoms with E-state index in [9.17, 15) is 14.4 Å². The van der Waals surface area contributed by atoms with Crippen LogP contribution in [0.4, 0.5) is 4.79 Å². The molecule has 2 aliphatic heterocycles. The summed E-state index contributed by atoms with van der Waals surface area (Å²) in [6.45, 7) is 7.94. The highest BCUT2D eigenvalue weighted by Gasteiger charge is 2.49. The van der Waals surface area contributed by atoms with Crippen molar-refractivity contribution in [2.24, 2.45) is 0 Å². The van der Waals surface area contributed by atoms with Crippen LogP contribution in [0.15, 0.2) is 24.3 Å². The van der Waals surface area contributed by atoms with Crippen LogP contribution in [0.2, 0.25) is 0 Å². The largest absolute Gasteiger partial charge is 0.353 e. The molecule has 2 fully saturated rings. The molecule has 28 heavy (non-hydrogen) atoms. The molecule has 1 aromatic carbocycles. The van der Waals surface area contributed by atoms with E-state index in [0.717, 1.165) is 23.6 Å². The normalized spacial score (nSPS) is 25.7. The second-order valence-electron chi connectivity index (χ2n) is 8.04. The Morgan fingerprint density at radius 2 is 1.96 bits per heavy atom. The van der Waals surface area contributed by atoms with E-state index in [1.807, 2.05) is 31.2 Å². The molecule has 4 amide bonds. The van der Waals surface area contributed by atoms with Crippen molar-refractivity contribution in [2.75, 3.05) is 26.2 Å². The number of carbonyl (C=O) groups excluding carboxylic acids is 3. The number of imide groups is 1. The van der Waals surface area contributed by atoms with Gasteiger partial charge >= 0.3 is 6.03 Å². The first-order valence-corrected chi connectivity index (χ1v) is 10.0. The van der Waals surface area contributed by atoms with Crippen LogP contribution in [-0.4, -0.2) is 59.9 Å². The van der Waals surface area contributed by atoms with Crippen LogP contribution in [0.3, 0.4) is 0 Å². The molecular weight excluding hydrogens is 356 g/mol. The fourth-order valence-corrected chi connectivity index (χ4v) is 3.95. The topological polar surface area (TPSA) is 81.8 Å². The Balaban J connectivity index is 1.55. The van der Waals surface area contributed by atoms with Crippen LogP contribution < -0.4 is 10.6 Å². The van der Waals surface area contributed by atoms with Crippen LogP contribution in [0.1, 0.15) is 44.2 Å². The molecule has 2 atom stereocenters. The van der Waals surface area contributed by atoms with Gasteiger partial charge in [-0.05, 0) is 45.7 Å². The maximum absolute atomic E-state index is 12.9. The van der Waals surface area contributed by atoms with Gasteiger partial charge < -0.3 is 10.6 Å². The Morgan fingerprint density at radius 1 is 1.25 bits per heavy atom. The zero-order valence-corrected chi connectivity index (χ0v) is 17.0. The number of nitrogens with zero attached hydrogens (tertiary/aromatic N) is 2. The third-order valence-corrected chi connectivity index (χ3v) is 5.87. The SMILES string of the molecule is Cc1ccc(C2(C)NC(=O)N(CC(=O)NCCN3CCCCC3C)C2=O)cc1. The van der Waals surface area contributed by atoms with Gasteiger partial charge in [0.15, 0.2) is 0 Å². The van der Waals surface area contributed by atoms with Gasteiger partial charge in [0.1, 0.15) is 12.1 Å². The molecule has 0 aliphatic carbocycles. The van der Waals surface area contributed by atoms with Crippen LogP contribution in [-0.2, 0) is 15.1 Å². The molecule has 0 saturated carbocycles. The summed E-state index contributed by atoms with van der Waals surface area (Å²) in [7, 11) is 0. The molecule has 0 bridgehead atoms. The van der Waals surface area contributed by atoms with Crippen molar-refractivity contribution in [3.05, 3.63) is 35.4 Å². The molecular formula is C21H30N4O3. The highest BCUT2D eigenvalue weighted by Crippen LogP contribution is 2.28. The van der Waals surface area contributed by atoms with E-state index in [-0.39, 0.29) is 12.5 Å². The van der Waals surface area contributed by atoms with E-state index in [1.165, 1.54) is 19.3 Å². The molecule has 0 radical (unpaired) electrons. The van der Waals surface area contributed by atoms with E-state index < -0.39 is 17.5 Å². The van der Waals surface area contributed by atoms with Crippen molar-refractivity contribution >= 4 is 17.8 Å². The maximum atomic E-state index is 12.9. The summed E-state index contributed by atoms with van der Waals surface area (Å²) in [6, 6.07) is 7.46. The van der Waals surface area contributed by atoms with Gasteiger partial charge in [0.05, 0.1) is 0 Å². The van der Waals surface area contributed by atoms with E-state index in [1.54, 1.807) is 6.92 Å². The Kier molecular flexibility index (Phi) is 6.03. The second kappa shape index (κ2) is 8.31. The number of hydrogen-bond donors (Lipinski definition) is 2. The fourth-order valence-electron chi connectivity index (χ4n) is 3.95. The summed E-state index contributed by atoms with van der Waals surface area (Å²) in [4.78, 5) is 40.9. The lowest BCUT2D eigenvalue weighted by Gasteiger charge is -2.33. The predicted octanol–water partition coefficient (Wildman–Crippen LogP) is 1.75. The Hall–Kier alpha value is -2.41. The Bertz CT molecular complexity index is 749. The minimum Gasteiger partial charge on any atom is -0.353 e. The molecule has 152 valence electrons. The number of aryl methyl sites for hydroxylation is 1. The zero-order valence-electron chi connectivity index (χ0n) is 17.0. The molecule has 7 heteroatoms. The monoisotopic (exact) mass is 386 g/mol. The standard InChI is InChI=1S/C21H30N4O3/c1-15-7-9-17(10-8-15)21(3)19(27)25(20(28)23-21)14-18(26)22-11-13-24-12-5-4-6-16(24)2/h7-10,16H,4-6,11-14H2,1-3H3,(H,22,26)(H,23,28). The first kappa shape index (κ1) is 20.3. The van der Waals surface area contributed by atoms with Gasteiger partial charge in [0.2, 0.25) is 5.91 Å². The van der Waals surface area contributed by atoms with E-state index in [2.05, 4.69) is 22.5 Å². The van der Waals surface area contributed by atoms with Crippen LogP contribution in [0.5, 0.6) is 0 Å². The number of likely N-dealkylation sites (tertiary alicyclic amines) is 1. The van der Waals surface area contributed by atoms with Crippen molar-refractivity contribution in [3.8, 4) is 0 Å². The van der Waals surface area contributed by atoms with Crippen molar-refractivity contribution in [1.82, 2.24) is 20.4 Å². The second-order valence-corrected chi connectivity index (χ2v) is 8.04. The molecule has 3 rings (SSSR count). The van der Waals surface area contributed by atoms with E-state index >= 15 is 0 Å². The maximum Gasteiger partial charge on any atom is 0.325 e. The number of nitrogens with one attached hydrogen (secondary N) is 2. The quantitative estimate of drug-likeness (QED) is 0.730. The number of benzene rings is 1. The minimum atomic E-state index is -1.14. The lowest BCUT2D eigenvalue weighted by molar-refractivity contribution is -0.134. The molecule has 2 saturated heterocycles. The van der Waals surface area contributed by atoms with Crippen LogP contribution in [0.25, 0.3) is 0 Å². The third kappa shape index (κ3) is 4.19. The summed E-state index contributed by atoms with van der Waals surface area (Å²) in [5, 5.41) is 5.57. The molecule has 1 aromatic rings. The lowest BCUT2D eigenvalue weighted by atomic mass is 9.91. The van der Waals surface area contributed by atoms with Crippen molar-refractivity contribution < 1.29 is 14.4 Å². The van der Waals surface area contributed by atoms with E-state index in [0.29, 0.717) is 18.2 Å². The molecule has 2 N–H and O–H groups in total. The third-order valence-electron chi connectivity index (χ3n) is 5.87. The first-order chi connectivity index (χ1) is 13.3. The zero-order chi connectivity index (χ0) is 20.3. The fraction of sp³-hybridized carbons (Fsp3) is 0.571. The van der Waals surface area contributed by atoms with Gasteiger partial charge in [-0.25, -0.2) is 4.79 Å². The van der Waals surface area contributed by atoms with Gasteiger partial charge in [-0.3, -0.25) is 19.4 Å². The summed E-state index contributed by atoms with van der Waals surface area (Å²) in [6.07, 6.45) is 3.64. The summed E-state index contributed by atoms with van der Waals surface area (Å²) >= 11 is 0. The Labute approximate surface area is 166 Å². The molecule has 0 aromatic heterocycles. The summed E-state index contributed by atoms with van der Waals surface area (Å²) in [5.41, 5.74) is 0.635. The van der Waals surface area contributed by atoms with Crippen LogP contribution >= 0.6 is 0 Å². The van der Waals surface area contributed by atoms with Gasteiger partial charge in [-0.1, -0.05) is 36.2 Å². The molecule has 2 aliphatic rings. The van der Waals surface area contributed by atoms with Crippen molar-refractivity contribution in [2.45, 2.75) is 51.6 Å². The number of carbonyl (C=O) groups is 3. The van der Waals surface area contributed by atoms with Crippen molar-refractivity contribution in [1.29, 1.82) is 0 Å². The van der Waals surface area contributed by atoms with E-state index in [4.69, 9.17) is 0 Å². The Morgan fingerprint density at radius 3 is 2.64 bits per heavy atom. The molecule has 2 heterocycles. The minimum absolute atomic E-state index is 0.262. The highest BCUT2D eigenvalue weighted by molar-refractivity contribution is 6.09. The number of rotatable bonds is 6. The van der Waals surface area contributed by atoms with Gasteiger partial charge in [-0.2, -0.15) is 0 Å². The lowest BCUT2D eigenvalue weighted by Crippen LogP contribution is -2.46. The number of hydrogen-bond acceptors (Lipinski definition) is 4. The first-order valence-electron chi connectivity index (χ1n) is 10.0. The highest BCUT2D eigenvalue weighted by atomic mass is 16.2. The van der Waals surface area contributed by atoms with Crippen molar-refractivity contribution in [3.63, 3.8) is 0 Å². The molecule has 0 spiro atoms.